The van der Waals surface area contributed by atoms with Crippen molar-refractivity contribution >= 4 is 23.8 Å². The average Bonchev–Trinajstić information content (AvgIpc) is 2.60. The van der Waals surface area contributed by atoms with Gasteiger partial charge in [0.15, 0.2) is 0 Å². The summed E-state index contributed by atoms with van der Waals surface area (Å²) < 4.78 is 15.7. The Hall–Kier alpha value is -2.40. The smallest absolute Gasteiger partial charge is 0.336 e. The summed E-state index contributed by atoms with van der Waals surface area (Å²) in [5.74, 6) is 1.40. The van der Waals surface area contributed by atoms with Crippen LogP contribution in [-0.4, -0.2) is 26.4 Å². The van der Waals surface area contributed by atoms with Gasteiger partial charge in [0.25, 0.3) is 0 Å². The van der Waals surface area contributed by atoms with Crippen molar-refractivity contribution < 1.29 is 19.0 Å². The molecule has 0 heterocycles. The van der Waals surface area contributed by atoms with Gasteiger partial charge in [0.05, 0.1) is 14.2 Å². The average molecular weight is 330 g/mol. The topological polar surface area (TPSA) is 44.8 Å². The monoisotopic (exact) mass is 330 g/mol. The van der Waals surface area contributed by atoms with Crippen molar-refractivity contribution in [2.24, 2.45) is 0 Å². The fourth-order valence-electron chi connectivity index (χ4n) is 1.92. The summed E-state index contributed by atoms with van der Waals surface area (Å²) in [6.07, 6.45) is 4.99. The zero-order chi connectivity index (χ0) is 16.7. The molecule has 5 heteroatoms. The Bertz CT molecular complexity index is 693. The Kier molecular flexibility index (Phi) is 6.11. The standard InChI is InChI=1S/C18H18O4S/c1-20-15-7-10-17(21-2)13(12-15)4-11-18(19)22-14-5-8-16(23-3)9-6-14/h4-12H,1-3H3/b11-4+. The highest BCUT2D eigenvalue weighted by atomic mass is 32.2. The van der Waals surface area contributed by atoms with Crippen LogP contribution in [0.2, 0.25) is 0 Å². The Morgan fingerprint density at radius 3 is 2.30 bits per heavy atom. The van der Waals surface area contributed by atoms with Crippen molar-refractivity contribution in [3.63, 3.8) is 0 Å². The summed E-state index contributed by atoms with van der Waals surface area (Å²) in [4.78, 5) is 13.0. The van der Waals surface area contributed by atoms with E-state index in [2.05, 4.69) is 0 Å². The van der Waals surface area contributed by atoms with E-state index in [1.165, 1.54) is 6.08 Å². The van der Waals surface area contributed by atoms with Gasteiger partial charge in [-0.25, -0.2) is 4.79 Å². The van der Waals surface area contributed by atoms with Crippen LogP contribution >= 0.6 is 11.8 Å². The van der Waals surface area contributed by atoms with Crippen LogP contribution in [0.1, 0.15) is 5.56 Å². The van der Waals surface area contributed by atoms with Gasteiger partial charge in [-0.3, -0.25) is 0 Å². The summed E-state index contributed by atoms with van der Waals surface area (Å²) in [5, 5.41) is 0. The first-order valence-corrected chi connectivity index (χ1v) is 8.14. The SMILES string of the molecule is COc1ccc(OC)c(/C=C/C(=O)Oc2ccc(SC)cc2)c1. The zero-order valence-corrected chi connectivity index (χ0v) is 14.1. The number of hydrogen-bond acceptors (Lipinski definition) is 5. The molecule has 0 aliphatic heterocycles. The first-order chi connectivity index (χ1) is 11.2. The molecule has 0 spiro atoms. The maximum Gasteiger partial charge on any atom is 0.336 e. The van der Waals surface area contributed by atoms with Crippen molar-refractivity contribution in [3.05, 3.63) is 54.1 Å². The van der Waals surface area contributed by atoms with E-state index in [1.807, 2.05) is 18.4 Å². The highest BCUT2D eigenvalue weighted by Gasteiger charge is 2.04. The van der Waals surface area contributed by atoms with Gasteiger partial charge in [0.2, 0.25) is 0 Å². The normalized spacial score (nSPS) is 10.6. The van der Waals surface area contributed by atoms with E-state index >= 15 is 0 Å². The fourth-order valence-corrected chi connectivity index (χ4v) is 2.33. The molecule has 0 radical (unpaired) electrons. The number of methoxy groups -OCH3 is 2. The van der Waals surface area contributed by atoms with Gasteiger partial charge in [-0.2, -0.15) is 0 Å². The van der Waals surface area contributed by atoms with Crippen molar-refractivity contribution in [2.75, 3.05) is 20.5 Å². The molecule has 120 valence electrons. The molecule has 2 rings (SSSR count). The van der Waals surface area contributed by atoms with E-state index in [4.69, 9.17) is 14.2 Å². The number of rotatable bonds is 6. The fraction of sp³-hybridized carbons (Fsp3) is 0.167. The molecule has 0 amide bonds. The lowest BCUT2D eigenvalue weighted by molar-refractivity contribution is -0.128. The minimum absolute atomic E-state index is 0.452. The molecule has 0 N–H and O–H groups in total. The molecule has 0 aliphatic rings. The summed E-state index contributed by atoms with van der Waals surface area (Å²) in [6, 6.07) is 12.7. The molecule has 0 saturated carbocycles. The van der Waals surface area contributed by atoms with Crippen molar-refractivity contribution in [1.29, 1.82) is 0 Å². The Morgan fingerprint density at radius 1 is 1.00 bits per heavy atom. The predicted octanol–water partition coefficient (Wildman–Crippen LogP) is 4.04. The van der Waals surface area contributed by atoms with Crippen LogP contribution in [0.5, 0.6) is 17.2 Å². The van der Waals surface area contributed by atoms with E-state index in [0.29, 0.717) is 17.2 Å². The van der Waals surface area contributed by atoms with Crippen molar-refractivity contribution in [1.82, 2.24) is 0 Å². The number of ether oxygens (including phenoxy) is 3. The number of carbonyl (C=O) groups is 1. The Morgan fingerprint density at radius 2 is 1.70 bits per heavy atom. The number of thioether (sulfide) groups is 1. The highest BCUT2D eigenvalue weighted by Crippen LogP contribution is 2.25. The molecule has 0 saturated heterocycles. The van der Waals surface area contributed by atoms with Gasteiger partial charge >= 0.3 is 5.97 Å². The van der Waals surface area contributed by atoms with Crippen LogP contribution in [-0.2, 0) is 4.79 Å². The van der Waals surface area contributed by atoms with E-state index in [9.17, 15) is 4.79 Å². The summed E-state index contributed by atoms with van der Waals surface area (Å²) in [7, 11) is 3.16. The number of carbonyl (C=O) groups excluding carboxylic acids is 1. The minimum Gasteiger partial charge on any atom is -0.497 e. The van der Waals surface area contributed by atoms with Crippen LogP contribution in [0.4, 0.5) is 0 Å². The second-order valence-corrected chi connectivity index (χ2v) is 5.42. The van der Waals surface area contributed by atoms with E-state index in [0.717, 1.165) is 10.5 Å². The van der Waals surface area contributed by atoms with Gasteiger partial charge < -0.3 is 14.2 Å². The molecule has 2 aromatic rings. The first-order valence-electron chi connectivity index (χ1n) is 6.92. The molecule has 0 atom stereocenters. The van der Waals surface area contributed by atoms with Gasteiger partial charge in [-0.05, 0) is 54.8 Å². The van der Waals surface area contributed by atoms with Crippen molar-refractivity contribution in [3.8, 4) is 17.2 Å². The lowest BCUT2D eigenvalue weighted by atomic mass is 10.1. The summed E-state index contributed by atoms with van der Waals surface area (Å²) >= 11 is 1.63. The predicted molar refractivity (Wildman–Crippen MR) is 92.4 cm³/mol. The van der Waals surface area contributed by atoms with E-state index < -0.39 is 5.97 Å². The third kappa shape index (κ3) is 4.79. The third-order valence-electron chi connectivity index (χ3n) is 3.11. The summed E-state index contributed by atoms with van der Waals surface area (Å²) in [5.41, 5.74) is 0.738. The van der Waals surface area contributed by atoms with Gasteiger partial charge in [0, 0.05) is 16.5 Å². The number of hydrogen-bond donors (Lipinski definition) is 0. The van der Waals surface area contributed by atoms with E-state index in [-0.39, 0.29) is 0 Å². The molecule has 4 nitrogen and oxygen atoms in total. The Balaban J connectivity index is 2.08. The molecular formula is C18H18O4S. The second-order valence-electron chi connectivity index (χ2n) is 4.54. The molecule has 0 unspecified atom stereocenters. The van der Waals surface area contributed by atoms with Gasteiger partial charge in [-0.15, -0.1) is 11.8 Å². The van der Waals surface area contributed by atoms with Crippen LogP contribution < -0.4 is 14.2 Å². The minimum atomic E-state index is -0.452. The second kappa shape index (κ2) is 8.29. The molecular weight excluding hydrogens is 312 g/mol. The molecule has 0 aromatic heterocycles. The molecule has 2 aromatic carbocycles. The third-order valence-corrected chi connectivity index (χ3v) is 3.86. The van der Waals surface area contributed by atoms with Crippen LogP contribution in [0.3, 0.4) is 0 Å². The largest absolute Gasteiger partial charge is 0.497 e. The van der Waals surface area contributed by atoms with Crippen molar-refractivity contribution in [2.45, 2.75) is 4.90 Å². The highest BCUT2D eigenvalue weighted by molar-refractivity contribution is 7.98. The maximum absolute atomic E-state index is 11.9. The van der Waals surface area contributed by atoms with Crippen LogP contribution in [0.25, 0.3) is 6.08 Å². The van der Waals surface area contributed by atoms with Gasteiger partial charge in [0.1, 0.15) is 17.2 Å². The van der Waals surface area contributed by atoms with Gasteiger partial charge in [-0.1, -0.05) is 0 Å². The molecule has 23 heavy (non-hydrogen) atoms. The lowest BCUT2D eigenvalue weighted by Gasteiger charge is -2.07. The lowest BCUT2D eigenvalue weighted by Crippen LogP contribution is -2.03. The maximum atomic E-state index is 11.9. The van der Waals surface area contributed by atoms with Crippen LogP contribution in [0.15, 0.2) is 53.4 Å². The van der Waals surface area contributed by atoms with Crippen LogP contribution in [0, 0.1) is 0 Å². The quantitative estimate of drug-likeness (QED) is 0.346. The number of benzene rings is 2. The zero-order valence-electron chi connectivity index (χ0n) is 13.2. The molecule has 0 aliphatic carbocycles. The molecule has 0 fully saturated rings. The Labute approximate surface area is 140 Å². The first kappa shape index (κ1) is 17.0. The molecule has 0 bridgehead atoms. The summed E-state index contributed by atoms with van der Waals surface area (Å²) in [6.45, 7) is 0. The van der Waals surface area contributed by atoms with E-state index in [1.54, 1.807) is 62.4 Å². The number of esters is 1.